The number of benzene rings is 2. The summed E-state index contributed by atoms with van der Waals surface area (Å²) in [5.41, 5.74) is 3.92. The minimum Gasteiger partial charge on any atom is -0.480 e. The molecule has 0 saturated heterocycles. The first-order chi connectivity index (χ1) is 22.0. The first kappa shape index (κ1) is 32.1. The average molecular weight is 635 g/mol. The molecule has 5 rings (SSSR count). The predicted molar refractivity (Wildman–Crippen MR) is 177 cm³/mol. The third-order valence-corrected chi connectivity index (χ3v) is 8.75. The highest BCUT2D eigenvalue weighted by molar-refractivity contribution is 7.14. The van der Waals surface area contributed by atoms with Crippen LogP contribution in [0.15, 0.2) is 91.5 Å². The van der Waals surface area contributed by atoms with Crippen molar-refractivity contribution in [1.82, 2.24) is 30.6 Å². The Balaban J connectivity index is 1.28. The van der Waals surface area contributed by atoms with Crippen LogP contribution < -0.4 is 10.6 Å². The molecule has 0 unspecified atom stereocenters. The highest BCUT2D eigenvalue weighted by Crippen LogP contribution is 2.29. The molecule has 3 N–H and O–H groups in total. The molecule has 10 nitrogen and oxygen atoms in total. The number of hydrogen-bond acceptors (Lipinski definition) is 8. The molecule has 0 fully saturated rings. The molecule has 0 radical (unpaired) electrons. The summed E-state index contributed by atoms with van der Waals surface area (Å²) in [6, 6.07) is 18.6. The summed E-state index contributed by atoms with van der Waals surface area (Å²) >= 11 is 1.37. The van der Waals surface area contributed by atoms with Crippen molar-refractivity contribution in [2.45, 2.75) is 51.6 Å². The van der Waals surface area contributed by atoms with Crippen molar-refractivity contribution in [3.8, 4) is 33.9 Å². The fourth-order valence-electron chi connectivity index (χ4n) is 4.54. The van der Waals surface area contributed by atoms with Crippen LogP contribution >= 0.6 is 11.3 Å². The number of aromatic nitrogens is 4. The van der Waals surface area contributed by atoms with Crippen molar-refractivity contribution in [1.29, 1.82) is 0 Å². The summed E-state index contributed by atoms with van der Waals surface area (Å²) in [4.78, 5) is 57.1. The fourth-order valence-corrected chi connectivity index (χ4v) is 5.51. The lowest BCUT2D eigenvalue weighted by atomic mass is 9.95. The normalized spacial score (nSPS) is 12.6. The lowest BCUT2D eigenvalue weighted by molar-refractivity contribution is -0.141. The molecule has 0 spiro atoms. The van der Waals surface area contributed by atoms with E-state index in [-0.39, 0.29) is 11.8 Å². The molecule has 2 amide bonds. The monoisotopic (exact) mass is 634 g/mol. The summed E-state index contributed by atoms with van der Waals surface area (Å²) in [5.74, 6) is -0.992. The summed E-state index contributed by atoms with van der Waals surface area (Å²) in [6.45, 7) is 7.56. The van der Waals surface area contributed by atoms with E-state index in [2.05, 4.69) is 51.3 Å². The molecule has 3 heterocycles. The van der Waals surface area contributed by atoms with Crippen LogP contribution in [-0.2, 0) is 21.4 Å². The molecule has 3 aromatic heterocycles. The van der Waals surface area contributed by atoms with Gasteiger partial charge in [-0.2, -0.15) is 0 Å². The van der Waals surface area contributed by atoms with Gasteiger partial charge in [-0.05, 0) is 30.0 Å². The van der Waals surface area contributed by atoms with Crippen LogP contribution in [0.4, 0.5) is 0 Å². The van der Waals surface area contributed by atoms with Crippen LogP contribution in [0.25, 0.3) is 33.9 Å². The zero-order valence-electron chi connectivity index (χ0n) is 25.9. The molecule has 2 atom stereocenters. The molecule has 0 aliphatic heterocycles. The van der Waals surface area contributed by atoms with Crippen molar-refractivity contribution in [2.24, 2.45) is 0 Å². The van der Waals surface area contributed by atoms with E-state index < -0.39 is 29.9 Å². The Hall–Kier alpha value is -5.29. The molecule has 5 aromatic rings. The van der Waals surface area contributed by atoms with Gasteiger partial charge in [0, 0.05) is 58.3 Å². The van der Waals surface area contributed by atoms with E-state index in [0.29, 0.717) is 16.5 Å². The minimum absolute atomic E-state index is 0.120. The van der Waals surface area contributed by atoms with E-state index in [0.717, 1.165) is 32.7 Å². The first-order valence-electron chi connectivity index (χ1n) is 14.7. The van der Waals surface area contributed by atoms with Gasteiger partial charge in [0.25, 0.3) is 5.91 Å². The van der Waals surface area contributed by atoms with Gasteiger partial charge in [0.15, 0.2) is 11.6 Å². The van der Waals surface area contributed by atoms with E-state index in [1.807, 2.05) is 60.7 Å². The van der Waals surface area contributed by atoms with Crippen LogP contribution in [0.1, 0.15) is 47.8 Å². The number of thiophene rings is 1. The van der Waals surface area contributed by atoms with E-state index in [1.54, 1.807) is 30.9 Å². The molecular formula is C35H34N6O4S. The summed E-state index contributed by atoms with van der Waals surface area (Å²) in [6.07, 6.45) is 7.07. The first-order valence-corrected chi connectivity index (χ1v) is 15.5. The molecule has 2 aromatic carbocycles. The van der Waals surface area contributed by atoms with Gasteiger partial charge in [0.05, 0.1) is 4.88 Å². The quantitative estimate of drug-likeness (QED) is 0.181. The molecule has 11 heteroatoms. The number of carbonyl (C=O) groups excluding carboxylic acids is 2. The van der Waals surface area contributed by atoms with Crippen molar-refractivity contribution >= 4 is 29.1 Å². The Labute approximate surface area is 271 Å². The standard InChI is InChI=1S/C35H34N6O4S/c1-21(34(44)45)40-32(42)27(41-33(43)28-14-15-29(46-28)35(2,3)4)16-22-10-12-24(13-11-22)31-38-19-26(20-39-31)25-17-36-30(37-18-25)23-8-6-5-7-9-23/h5-15,17-21,27H,16H2,1-4H3,(H,40,42)(H,41,43)(H,44,45)/t21-,27+/m1/s1. The van der Waals surface area contributed by atoms with Gasteiger partial charge in [0.2, 0.25) is 5.91 Å². The highest BCUT2D eigenvalue weighted by Gasteiger charge is 2.26. The molecule has 0 bridgehead atoms. The molecular weight excluding hydrogens is 600 g/mol. The number of amides is 2. The van der Waals surface area contributed by atoms with Gasteiger partial charge in [0.1, 0.15) is 12.1 Å². The van der Waals surface area contributed by atoms with Gasteiger partial charge < -0.3 is 15.7 Å². The lowest BCUT2D eigenvalue weighted by Gasteiger charge is -2.20. The minimum atomic E-state index is -1.17. The number of carbonyl (C=O) groups is 3. The lowest BCUT2D eigenvalue weighted by Crippen LogP contribution is -2.51. The predicted octanol–water partition coefficient (Wildman–Crippen LogP) is 5.56. The number of nitrogens with one attached hydrogen (secondary N) is 2. The van der Waals surface area contributed by atoms with Gasteiger partial charge in [-0.3, -0.25) is 14.4 Å². The summed E-state index contributed by atoms with van der Waals surface area (Å²) in [5, 5.41) is 14.6. The molecule has 234 valence electrons. The van der Waals surface area contributed by atoms with Crippen LogP contribution in [0.5, 0.6) is 0 Å². The number of carboxylic acids is 1. The molecule has 46 heavy (non-hydrogen) atoms. The van der Waals surface area contributed by atoms with E-state index in [1.165, 1.54) is 18.3 Å². The second-order valence-electron chi connectivity index (χ2n) is 11.9. The van der Waals surface area contributed by atoms with Gasteiger partial charge in [-0.25, -0.2) is 19.9 Å². The zero-order chi connectivity index (χ0) is 32.8. The fraction of sp³-hybridized carbons (Fsp3) is 0.229. The van der Waals surface area contributed by atoms with Gasteiger partial charge >= 0.3 is 5.97 Å². The smallest absolute Gasteiger partial charge is 0.325 e. The highest BCUT2D eigenvalue weighted by atomic mass is 32.1. The van der Waals surface area contributed by atoms with Crippen molar-refractivity contribution in [3.63, 3.8) is 0 Å². The zero-order valence-corrected chi connectivity index (χ0v) is 26.7. The Morgan fingerprint density at radius 3 is 1.78 bits per heavy atom. The Morgan fingerprint density at radius 2 is 1.28 bits per heavy atom. The third kappa shape index (κ3) is 7.86. The topological polar surface area (TPSA) is 147 Å². The number of aliphatic carboxylic acids is 1. The van der Waals surface area contributed by atoms with Crippen molar-refractivity contribution in [3.05, 3.63) is 107 Å². The Morgan fingerprint density at radius 1 is 0.739 bits per heavy atom. The van der Waals surface area contributed by atoms with E-state index in [4.69, 9.17) is 0 Å². The van der Waals surface area contributed by atoms with Crippen molar-refractivity contribution < 1.29 is 19.5 Å². The van der Waals surface area contributed by atoms with E-state index >= 15 is 0 Å². The summed E-state index contributed by atoms with van der Waals surface area (Å²) in [7, 11) is 0. The second-order valence-corrected chi connectivity index (χ2v) is 13.0. The van der Waals surface area contributed by atoms with Crippen LogP contribution in [-0.4, -0.2) is 54.9 Å². The number of carboxylic acid groups (broad SMARTS) is 1. The molecule has 0 aliphatic carbocycles. The molecule has 0 saturated carbocycles. The van der Waals surface area contributed by atoms with Crippen LogP contribution in [0.2, 0.25) is 0 Å². The van der Waals surface area contributed by atoms with E-state index in [9.17, 15) is 19.5 Å². The van der Waals surface area contributed by atoms with Crippen molar-refractivity contribution in [2.75, 3.05) is 0 Å². The van der Waals surface area contributed by atoms with Crippen LogP contribution in [0, 0.1) is 0 Å². The maximum atomic E-state index is 13.1. The third-order valence-electron chi connectivity index (χ3n) is 7.24. The number of rotatable bonds is 10. The SMILES string of the molecule is C[C@@H](NC(=O)[C@H](Cc1ccc(-c2ncc(-c3cnc(-c4ccccc4)nc3)cn2)cc1)NC(=O)c1ccc(C(C)(C)C)s1)C(=O)O. The number of nitrogens with zero attached hydrogens (tertiary/aromatic N) is 4. The number of hydrogen-bond donors (Lipinski definition) is 3. The Kier molecular flexibility index (Phi) is 9.62. The second kappa shape index (κ2) is 13.8. The maximum absolute atomic E-state index is 13.1. The maximum Gasteiger partial charge on any atom is 0.325 e. The van der Waals surface area contributed by atoms with Gasteiger partial charge in [-0.1, -0.05) is 75.4 Å². The Bertz CT molecular complexity index is 1820. The average Bonchev–Trinajstić information content (AvgIpc) is 3.57. The van der Waals surface area contributed by atoms with Gasteiger partial charge in [-0.15, -0.1) is 11.3 Å². The largest absolute Gasteiger partial charge is 0.480 e. The summed E-state index contributed by atoms with van der Waals surface area (Å²) < 4.78 is 0. The van der Waals surface area contributed by atoms with Crippen LogP contribution in [0.3, 0.4) is 0 Å². The molecule has 0 aliphatic rings.